The lowest BCUT2D eigenvalue weighted by Crippen LogP contribution is -2.42. The molecule has 22 heavy (non-hydrogen) atoms. The summed E-state index contributed by atoms with van der Waals surface area (Å²) in [5, 5.41) is 10.8. The molecule has 0 fully saturated rings. The molecule has 1 aromatic rings. The highest BCUT2D eigenvalue weighted by Gasteiger charge is 2.23. The second kappa shape index (κ2) is 6.38. The van der Waals surface area contributed by atoms with Gasteiger partial charge >= 0.3 is 0 Å². The Hall–Kier alpha value is -2.70. The second-order valence-corrected chi connectivity index (χ2v) is 5.17. The van der Waals surface area contributed by atoms with Gasteiger partial charge in [-0.15, -0.1) is 0 Å². The van der Waals surface area contributed by atoms with Gasteiger partial charge in [-0.05, 0) is 23.6 Å². The summed E-state index contributed by atoms with van der Waals surface area (Å²) in [5.41, 5.74) is 1.82. The number of non-ortho nitro benzene ring substituents is 1. The van der Waals surface area contributed by atoms with Gasteiger partial charge in [0.1, 0.15) is 0 Å². The Labute approximate surface area is 128 Å². The fraction of sp³-hybridized carbons (Fsp3) is 0.333. The van der Waals surface area contributed by atoms with E-state index in [0.29, 0.717) is 19.5 Å². The van der Waals surface area contributed by atoms with Gasteiger partial charge < -0.3 is 9.80 Å². The van der Waals surface area contributed by atoms with Crippen LogP contribution in [0.3, 0.4) is 0 Å². The third-order valence-electron chi connectivity index (χ3n) is 3.69. The lowest BCUT2D eigenvalue weighted by molar-refractivity contribution is -0.385. The fourth-order valence-corrected chi connectivity index (χ4v) is 2.41. The first-order valence-corrected chi connectivity index (χ1v) is 6.84. The molecule has 1 aromatic carbocycles. The van der Waals surface area contributed by atoms with E-state index in [1.807, 2.05) is 0 Å². The van der Waals surface area contributed by atoms with Crippen molar-refractivity contribution >= 4 is 17.5 Å². The molecular weight excluding hydrogens is 286 g/mol. The highest BCUT2D eigenvalue weighted by Crippen LogP contribution is 2.23. The Kier molecular flexibility index (Phi) is 4.55. The highest BCUT2D eigenvalue weighted by atomic mass is 16.6. The predicted octanol–water partition coefficient (Wildman–Crippen LogP) is 1.12. The molecule has 0 saturated carbocycles. The SMILES string of the molecule is C=CC(=O)N(C)CC(=O)N1CCc2ccc([N+](=O)[O-])cc2C1. The zero-order valence-corrected chi connectivity index (χ0v) is 12.3. The molecule has 0 atom stereocenters. The molecule has 7 heteroatoms. The second-order valence-electron chi connectivity index (χ2n) is 5.17. The van der Waals surface area contributed by atoms with Gasteiger partial charge in [-0.2, -0.15) is 0 Å². The quantitative estimate of drug-likeness (QED) is 0.474. The van der Waals surface area contributed by atoms with E-state index in [1.165, 1.54) is 24.1 Å². The third kappa shape index (κ3) is 3.30. The number of fused-ring (bicyclic) bond motifs is 1. The highest BCUT2D eigenvalue weighted by molar-refractivity contribution is 5.90. The number of hydrogen-bond acceptors (Lipinski definition) is 4. The molecule has 0 bridgehead atoms. The molecule has 116 valence electrons. The average molecular weight is 303 g/mol. The number of hydrogen-bond donors (Lipinski definition) is 0. The van der Waals surface area contributed by atoms with Crippen molar-refractivity contribution < 1.29 is 14.5 Å². The number of likely N-dealkylation sites (N-methyl/N-ethyl adjacent to an activating group) is 1. The van der Waals surface area contributed by atoms with Crippen LogP contribution in [-0.2, 0) is 22.6 Å². The zero-order chi connectivity index (χ0) is 16.3. The summed E-state index contributed by atoms with van der Waals surface area (Å²) in [7, 11) is 1.53. The Balaban J connectivity index is 2.09. The molecule has 1 aliphatic rings. The standard InChI is InChI=1S/C15H17N3O4/c1-3-14(19)16(2)10-15(20)17-7-6-11-4-5-13(18(21)22)8-12(11)9-17/h3-5,8H,1,6-7,9-10H2,2H3. The van der Waals surface area contributed by atoms with Gasteiger partial charge in [0.2, 0.25) is 11.8 Å². The van der Waals surface area contributed by atoms with Crippen LogP contribution in [0.4, 0.5) is 5.69 Å². The van der Waals surface area contributed by atoms with Crippen LogP contribution in [0.25, 0.3) is 0 Å². The number of nitro groups is 1. The summed E-state index contributed by atoms with van der Waals surface area (Å²) in [5.74, 6) is -0.503. The van der Waals surface area contributed by atoms with Crippen molar-refractivity contribution in [1.29, 1.82) is 0 Å². The summed E-state index contributed by atoms with van der Waals surface area (Å²) in [6.07, 6.45) is 1.81. The first-order chi connectivity index (χ1) is 10.4. The number of benzene rings is 1. The van der Waals surface area contributed by atoms with E-state index >= 15 is 0 Å². The lowest BCUT2D eigenvalue weighted by Gasteiger charge is -2.30. The Morgan fingerprint density at radius 2 is 2.18 bits per heavy atom. The van der Waals surface area contributed by atoms with Crippen LogP contribution in [0, 0.1) is 10.1 Å². The van der Waals surface area contributed by atoms with Crippen molar-refractivity contribution in [1.82, 2.24) is 9.80 Å². The summed E-state index contributed by atoms with van der Waals surface area (Å²) in [4.78, 5) is 36.9. The zero-order valence-electron chi connectivity index (χ0n) is 12.3. The first-order valence-electron chi connectivity index (χ1n) is 6.84. The van der Waals surface area contributed by atoms with Crippen LogP contribution >= 0.6 is 0 Å². The minimum Gasteiger partial charge on any atom is -0.336 e. The predicted molar refractivity (Wildman–Crippen MR) is 80.1 cm³/mol. The van der Waals surface area contributed by atoms with Crippen LogP contribution in [-0.4, -0.2) is 46.7 Å². The van der Waals surface area contributed by atoms with Gasteiger partial charge in [0.25, 0.3) is 5.69 Å². The van der Waals surface area contributed by atoms with Crippen molar-refractivity contribution in [2.75, 3.05) is 20.1 Å². The number of carbonyl (C=O) groups excluding carboxylic acids is 2. The minimum absolute atomic E-state index is 0.0204. The van der Waals surface area contributed by atoms with Gasteiger partial charge in [-0.1, -0.05) is 12.6 Å². The molecule has 0 aromatic heterocycles. The van der Waals surface area contributed by atoms with Gasteiger partial charge in [-0.25, -0.2) is 0 Å². The largest absolute Gasteiger partial charge is 0.336 e. The van der Waals surface area contributed by atoms with Crippen molar-refractivity contribution in [3.8, 4) is 0 Å². The van der Waals surface area contributed by atoms with Crippen LogP contribution < -0.4 is 0 Å². The van der Waals surface area contributed by atoms with Crippen LogP contribution in [0.15, 0.2) is 30.9 Å². The van der Waals surface area contributed by atoms with Crippen molar-refractivity contribution in [3.05, 3.63) is 52.1 Å². The molecular formula is C15H17N3O4. The van der Waals surface area contributed by atoms with Gasteiger partial charge in [-0.3, -0.25) is 19.7 Å². The van der Waals surface area contributed by atoms with Crippen LogP contribution in [0.1, 0.15) is 11.1 Å². The third-order valence-corrected chi connectivity index (χ3v) is 3.69. The Bertz CT molecular complexity index is 642. The molecule has 0 aliphatic carbocycles. The van der Waals surface area contributed by atoms with E-state index in [0.717, 1.165) is 17.2 Å². The van der Waals surface area contributed by atoms with E-state index < -0.39 is 4.92 Å². The number of carbonyl (C=O) groups is 2. The molecule has 1 heterocycles. The van der Waals surface area contributed by atoms with Gasteiger partial charge in [0, 0.05) is 32.3 Å². The topological polar surface area (TPSA) is 83.8 Å². The van der Waals surface area contributed by atoms with Crippen molar-refractivity contribution in [2.24, 2.45) is 0 Å². The van der Waals surface area contributed by atoms with E-state index in [2.05, 4.69) is 6.58 Å². The first kappa shape index (κ1) is 15.7. The molecule has 2 rings (SSSR count). The Morgan fingerprint density at radius 1 is 1.45 bits per heavy atom. The monoisotopic (exact) mass is 303 g/mol. The van der Waals surface area contributed by atoms with E-state index in [1.54, 1.807) is 11.0 Å². The van der Waals surface area contributed by atoms with E-state index in [9.17, 15) is 19.7 Å². The molecule has 0 spiro atoms. The number of amides is 2. The van der Waals surface area contributed by atoms with Gasteiger partial charge in [0.15, 0.2) is 0 Å². The minimum atomic E-state index is -0.447. The normalized spacial score (nSPS) is 13.2. The summed E-state index contributed by atoms with van der Waals surface area (Å²) in [6, 6.07) is 4.73. The fourth-order valence-electron chi connectivity index (χ4n) is 2.41. The average Bonchev–Trinajstić information content (AvgIpc) is 2.52. The summed E-state index contributed by atoms with van der Waals surface area (Å²) in [6.45, 7) is 4.21. The molecule has 0 radical (unpaired) electrons. The molecule has 1 aliphatic heterocycles. The van der Waals surface area contributed by atoms with Crippen molar-refractivity contribution in [3.63, 3.8) is 0 Å². The van der Waals surface area contributed by atoms with Gasteiger partial charge in [0.05, 0.1) is 11.5 Å². The summed E-state index contributed by atoms with van der Waals surface area (Å²) >= 11 is 0. The number of nitrogens with zero attached hydrogens (tertiary/aromatic N) is 3. The number of nitro benzene ring substituents is 1. The van der Waals surface area contributed by atoms with E-state index in [-0.39, 0.29) is 24.0 Å². The number of rotatable bonds is 4. The van der Waals surface area contributed by atoms with Crippen molar-refractivity contribution in [2.45, 2.75) is 13.0 Å². The van der Waals surface area contributed by atoms with Crippen LogP contribution in [0.2, 0.25) is 0 Å². The van der Waals surface area contributed by atoms with Crippen LogP contribution in [0.5, 0.6) is 0 Å². The molecule has 0 unspecified atom stereocenters. The lowest BCUT2D eigenvalue weighted by atomic mass is 9.99. The smallest absolute Gasteiger partial charge is 0.269 e. The maximum Gasteiger partial charge on any atom is 0.269 e. The Morgan fingerprint density at radius 3 is 2.82 bits per heavy atom. The molecule has 0 saturated heterocycles. The maximum atomic E-state index is 12.2. The van der Waals surface area contributed by atoms with E-state index in [4.69, 9.17) is 0 Å². The molecule has 0 N–H and O–H groups in total. The molecule has 7 nitrogen and oxygen atoms in total. The molecule has 2 amide bonds. The summed E-state index contributed by atoms with van der Waals surface area (Å²) < 4.78 is 0. The maximum absolute atomic E-state index is 12.2.